The van der Waals surface area contributed by atoms with Crippen LogP contribution in [0.3, 0.4) is 0 Å². The Morgan fingerprint density at radius 2 is 1.62 bits per heavy atom. The van der Waals surface area contributed by atoms with Crippen molar-refractivity contribution in [3.8, 4) is 22.6 Å². The predicted octanol–water partition coefficient (Wildman–Crippen LogP) is 5.74. The molecule has 3 aromatic carbocycles. The predicted molar refractivity (Wildman–Crippen MR) is 107 cm³/mol. The van der Waals surface area contributed by atoms with Crippen LogP contribution < -0.4 is 9.47 Å². The van der Waals surface area contributed by atoms with Gasteiger partial charge in [-0.1, -0.05) is 58.4 Å². The van der Waals surface area contributed by atoms with Crippen LogP contribution in [-0.2, 0) is 4.79 Å². The fourth-order valence-corrected chi connectivity index (χ4v) is 2.87. The molecule has 0 amide bonds. The van der Waals surface area contributed by atoms with E-state index in [2.05, 4.69) is 15.9 Å². The van der Waals surface area contributed by atoms with Gasteiger partial charge in [-0.25, -0.2) is 4.79 Å². The average molecular weight is 409 g/mol. The van der Waals surface area contributed by atoms with Crippen molar-refractivity contribution < 1.29 is 14.3 Å². The van der Waals surface area contributed by atoms with Crippen molar-refractivity contribution in [1.82, 2.24) is 0 Å². The third kappa shape index (κ3) is 4.61. The van der Waals surface area contributed by atoms with Gasteiger partial charge < -0.3 is 9.47 Å². The van der Waals surface area contributed by atoms with Gasteiger partial charge in [0, 0.05) is 16.1 Å². The molecule has 26 heavy (non-hydrogen) atoms. The Morgan fingerprint density at radius 1 is 0.923 bits per heavy atom. The molecule has 3 aromatic rings. The topological polar surface area (TPSA) is 35.5 Å². The molecule has 0 radical (unpaired) electrons. The number of esters is 1. The lowest BCUT2D eigenvalue weighted by Crippen LogP contribution is -2.03. The molecular weight excluding hydrogens is 392 g/mol. The first-order chi connectivity index (χ1) is 12.7. The zero-order chi connectivity index (χ0) is 18.4. The molecule has 3 rings (SSSR count). The summed E-state index contributed by atoms with van der Waals surface area (Å²) in [7, 11) is 1.59. The summed E-state index contributed by atoms with van der Waals surface area (Å²) < 4.78 is 11.5. The summed E-state index contributed by atoms with van der Waals surface area (Å²) in [5, 5.41) is 0. The van der Waals surface area contributed by atoms with Crippen molar-refractivity contribution in [2.24, 2.45) is 0 Å². The number of methoxy groups -OCH3 is 1. The van der Waals surface area contributed by atoms with Crippen LogP contribution in [0.1, 0.15) is 5.56 Å². The molecule has 0 bridgehead atoms. The van der Waals surface area contributed by atoms with E-state index in [0.717, 1.165) is 21.2 Å². The van der Waals surface area contributed by atoms with Gasteiger partial charge in [-0.2, -0.15) is 0 Å². The van der Waals surface area contributed by atoms with Crippen molar-refractivity contribution in [2.75, 3.05) is 7.11 Å². The van der Waals surface area contributed by atoms with E-state index >= 15 is 0 Å². The summed E-state index contributed by atoms with van der Waals surface area (Å²) in [5.74, 6) is 0.740. The van der Waals surface area contributed by atoms with Crippen LogP contribution in [0.5, 0.6) is 11.5 Å². The SMILES string of the molecule is COc1ccc(Br)cc1/C=C/C(=O)Oc1ccc(-c2ccccc2)cc1. The normalized spacial score (nSPS) is 10.7. The second-order valence-electron chi connectivity index (χ2n) is 5.53. The number of hydrogen-bond donors (Lipinski definition) is 0. The molecule has 0 heterocycles. The molecule has 0 fully saturated rings. The van der Waals surface area contributed by atoms with Gasteiger partial charge in [0.05, 0.1) is 7.11 Å². The third-order valence-corrected chi connectivity index (χ3v) is 4.26. The molecule has 0 spiro atoms. The molecule has 0 saturated carbocycles. The Bertz CT molecular complexity index is 916. The molecule has 3 nitrogen and oxygen atoms in total. The summed E-state index contributed by atoms with van der Waals surface area (Å²) in [6.07, 6.45) is 3.06. The van der Waals surface area contributed by atoms with Gasteiger partial charge in [-0.3, -0.25) is 0 Å². The number of carbonyl (C=O) groups excluding carboxylic acids is 1. The van der Waals surface area contributed by atoms with E-state index in [4.69, 9.17) is 9.47 Å². The summed E-state index contributed by atoms with van der Waals surface area (Å²) in [4.78, 5) is 12.1. The Hall–Kier alpha value is -2.85. The van der Waals surface area contributed by atoms with Gasteiger partial charge in [-0.05, 0) is 47.5 Å². The van der Waals surface area contributed by atoms with Crippen molar-refractivity contribution in [1.29, 1.82) is 0 Å². The molecule has 130 valence electrons. The van der Waals surface area contributed by atoms with E-state index in [-0.39, 0.29) is 0 Å². The minimum Gasteiger partial charge on any atom is -0.496 e. The van der Waals surface area contributed by atoms with Gasteiger partial charge in [0.15, 0.2) is 0 Å². The van der Waals surface area contributed by atoms with Crippen LogP contribution in [0.15, 0.2) is 83.3 Å². The average Bonchev–Trinajstić information content (AvgIpc) is 2.68. The first kappa shape index (κ1) is 18.0. The van der Waals surface area contributed by atoms with Gasteiger partial charge in [0.25, 0.3) is 0 Å². The number of ether oxygens (including phenoxy) is 2. The lowest BCUT2D eigenvalue weighted by molar-refractivity contribution is -0.128. The highest BCUT2D eigenvalue weighted by molar-refractivity contribution is 9.10. The van der Waals surface area contributed by atoms with Crippen molar-refractivity contribution in [2.45, 2.75) is 0 Å². The van der Waals surface area contributed by atoms with Crippen LogP contribution in [0.25, 0.3) is 17.2 Å². The summed E-state index contributed by atoms with van der Waals surface area (Å²) >= 11 is 3.41. The maximum absolute atomic E-state index is 12.1. The van der Waals surface area contributed by atoms with Crippen molar-refractivity contribution in [3.05, 3.63) is 88.9 Å². The maximum atomic E-state index is 12.1. The second kappa shape index (κ2) is 8.50. The minimum atomic E-state index is -0.445. The summed E-state index contributed by atoms with van der Waals surface area (Å²) in [6, 6.07) is 23.0. The Morgan fingerprint density at radius 3 is 2.31 bits per heavy atom. The standard InChI is InChI=1S/C22H17BrO3/c1-25-21-13-10-19(23)15-18(21)9-14-22(24)26-20-11-7-17(8-12-20)16-5-3-2-4-6-16/h2-15H,1H3/b14-9+. The van der Waals surface area contributed by atoms with Gasteiger partial charge in [0.2, 0.25) is 0 Å². The van der Waals surface area contributed by atoms with E-state index in [1.54, 1.807) is 25.3 Å². The number of benzene rings is 3. The third-order valence-electron chi connectivity index (χ3n) is 3.77. The molecule has 0 N–H and O–H groups in total. The van der Waals surface area contributed by atoms with Crippen molar-refractivity contribution >= 4 is 28.0 Å². The van der Waals surface area contributed by atoms with Gasteiger partial charge in [-0.15, -0.1) is 0 Å². The number of rotatable bonds is 5. The zero-order valence-electron chi connectivity index (χ0n) is 14.2. The lowest BCUT2D eigenvalue weighted by Gasteiger charge is -2.06. The number of hydrogen-bond acceptors (Lipinski definition) is 3. The number of carbonyl (C=O) groups is 1. The van der Waals surface area contributed by atoms with Crippen LogP contribution in [0.2, 0.25) is 0 Å². The monoisotopic (exact) mass is 408 g/mol. The molecule has 0 aliphatic rings. The molecular formula is C22H17BrO3. The van der Waals surface area contributed by atoms with Crippen molar-refractivity contribution in [3.63, 3.8) is 0 Å². The molecule has 0 saturated heterocycles. The highest BCUT2D eigenvalue weighted by Crippen LogP contribution is 2.25. The van der Waals surface area contributed by atoms with E-state index in [0.29, 0.717) is 11.5 Å². The first-order valence-corrected chi connectivity index (χ1v) is 8.84. The number of halogens is 1. The molecule has 4 heteroatoms. The maximum Gasteiger partial charge on any atom is 0.336 e. The Labute approximate surface area is 161 Å². The van der Waals surface area contributed by atoms with E-state index in [9.17, 15) is 4.79 Å². The molecule has 0 aromatic heterocycles. The van der Waals surface area contributed by atoms with E-state index in [1.165, 1.54) is 6.08 Å². The van der Waals surface area contributed by atoms with E-state index in [1.807, 2.05) is 60.7 Å². The Balaban J connectivity index is 1.68. The van der Waals surface area contributed by atoms with Crippen LogP contribution >= 0.6 is 15.9 Å². The summed E-state index contributed by atoms with van der Waals surface area (Å²) in [5.41, 5.74) is 2.98. The molecule has 0 atom stereocenters. The van der Waals surface area contributed by atoms with E-state index < -0.39 is 5.97 Å². The van der Waals surface area contributed by atoms with Gasteiger partial charge in [0.1, 0.15) is 11.5 Å². The zero-order valence-corrected chi connectivity index (χ0v) is 15.8. The minimum absolute atomic E-state index is 0.445. The highest BCUT2D eigenvalue weighted by Gasteiger charge is 2.04. The second-order valence-corrected chi connectivity index (χ2v) is 6.45. The first-order valence-electron chi connectivity index (χ1n) is 8.04. The fraction of sp³-hybridized carbons (Fsp3) is 0.0455. The van der Waals surface area contributed by atoms with Crippen LogP contribution in [0.4, 0.5) is 0 Å². The lowest BCUT2D eigenvalue weighted by atomic mass is 10.1. The molecule has 0 aliphatic heterocycles. The fourth-order valence-electron chi connectivity index (χ4n) is 2.49. The Kier molecular flexibility index (Phi) is 5.87. The molecule has 0 unspecified atom stereocenters. The smallest absolute Gasteiger partial charge is 0.336 e. The largest absolute Gasteiger partial charge is 0.496 e. The highest BCUT2D eigenvalue weighted by atomic mass is 79.9. The van der Waals surface area contributed by atoms with Gasteiger partial charge >= 0.3 is 5.97 Å². The molecule has 0 aliphatic carbocycles. The quantitative estimate of drug-likeness (QED) is 0.306. The summed E-state index contributed by atoms with van der Waals surface area (Å²) in [6.45, 7) is 0. The van der Waals surface area contributed by atoms with Crippen LogP contribution in [0, 0.1) is 0 Å². The van der Waals surface area contributed by atoms with Crippen LogP contribution in [-0.4, -0.2) is 13.1 Å².